The lowest BCUT2D eigenvalue weighted by Gasteiger charge is -2.27. The van der Waals surface area contributed by atoms with Gasteiger partial charge >= 0.3 is 0 Å². The van der Waals surface area contributed by atoms with E-state index in [4.69, 9.17) is 0 Å². The summed E-state index contributed by atoms with van der Waals surface area (Å²) in [5.74, 6) is 0. The predicted octanol–water partition coefficient (Wildman–Crippen LogP) is 6.54. The molecule has 2 rings (SSSR count). The molecule has 1 N–H and O–H groups in total. The Morgan fingerprint density at radius 1 is 1.14 bits per heavy atom. The fourth-order valence-electron chi connectivity index (χ4n) is 2.31. The molecule has 0 fully saturated rings. The number of hydrogen-bond acceptors (Lipinski definition) is 2. The van der Waals surface area contributed by atoms with Crippen LogP contribution in [0.4, 0.5) is 0 Å². The molecule has 114 valence electrons. The number of halogens is 2. The van der Waals surface area contributed by atoms with Crippen LogP contribution >= 0.6 is 43.2 Å². The van der Waals surface area contributed by atoms with Crippen LogP contribution in [0.15, 0.2) is 44.7 Å². The average molecular weight is 431 g/mol. The van der Waals surface area contributed by atoms with E-state index in [2.05, 4.69) is 94.3 Å². The number of benzene rings is 1. The zero-order valence-electron chi connectivity index (χ0n) is 12.6. The molecule has 0 spiro atoms. The van der Waals surface area contributed by atoms with Crippen molar-refractivity contribution in [1.82, 2.24) is 5.32 Å². The van der Waals surface area contributed by atoms with Gasteiger partial charge in [-0.05, 0) is 55.3 Å². The third-order valence-electron chi connectivity index (χ3n) is 3.24. The Morgan fingerprint density at radius 3 is 2.33 bits per heavy atom. The summed E-state index contributed by atoms with van der Waals surface area (Å²) in [6.45, 7) is 7.78. The highest BCUT2D eigenvalue weighted by Crippen LogP contribution is 2.34. The number of nitrogens with one attached hydrogen (secondary N) is 1. The lowest BCUT2D eigenvalue weighted by atomic mass is 9.85. The third-order valence-corrected chi connectivity index (χ3v) is 6.49. The van der Waals surface area contributed by atoms with E-state index in [1.165, 1.54) is 10.4 Å². The van der Waals surface area contributed by atoms with Crippen molar-refractivity contribution < 1.29 is 0 Å². The Kier molecular flexibility index (Phi) is 6.06. The Balaban J connectivity index is 2.09. The van der Waals surface area contributed by atoms with Crippen LogP contribution in [0.25, 0.3) is 0 Å². The van der Waals surface area contributed by atoms with Gasteiger partial charge in [0.1, 0.15) is 0 Å². The topological polar surface area (TPSA) is 12.0 Å². The second-order valence-electron chi connectivity index (χ2n) is 6.44. The van der Waals surface area contributed by atoms with Gasteiger partial charge in [-0.1, -0.05) is 51.1 Å². The number of rotatable bonds is 5. The van der Waals surface area contributed by atoms with Crippen LogP contribution in [0.3, 0.4) is 0 Å². The SMILES string of the molecule is CC(C)(C)CC(NCc1cc(Br)c(Br)s1)c1ccccc1. The first-order valence-corrected chi connectivity index (χ1v) is 9.47. The van der Waals surface area contributed by atoms with Crippen molar-refractivity contribution >= 4 is 43.2 Å². The zero-order chi connectivity index (χ0) is 15.5. The molecular formula is C17H21Br2NS. The maximum Gasteiger partial charge on any atom is 0.0843 e. The van der Waals surface area contributed by atoms with Gasteiger partial charge < -0.3 is 5.32 Å². The molecule has 0 saturated heterocycles. The third kappa shape index (κ3) is 5.51. The molecule has 0 amide bonds. The Bertz CT molecular complexity index is 553. The van der Waals surface area contributed by atoms with Crippen LogP contribution in [0.5, 0.6) is 0 Å². The highest BCUT2D eigenvalue weighted by molar-refractivity contribution is 9.13. The summed E-state index contributed by atoms with van der Waals surface area (Å²) in [5.41, 5.74) is 1.66. The molecule has 1 unspecified atom stereocenters. The van der Waals surface area contributed by atoms with Gasteiger partial charge in [0.15, 0.2) is 0 Å². The van der Waals surface area contributed by atoms with Crippen LogP contribution in [0.2, 0.25) is 0 Å². The van der Waals surface area contributed by atoms with Crippen molar-refractivity contribution in [3.63, 3.8) is 0 Å². The minimum atomic E-state index is 0.296. The van der Waals surface area contributed by atoms with E-state index in [1.54, 1.807) is 11.3 Å². The number of thiophene rings is 1. The summed E-state index contributed by atoms with van der Waals surface area (Å²) in [6.07, 6.45) is 1.12. The summed E-state index contributed by atoms with van der Waals surface area (Å²) in [5, 5.41) is 3.72. The van der Waals surface area contributed by atoms with Gasteiger partial charge in [-0.2, -0.15) is 0 Å². The molecule has 0 aliphatic heterocycles. The molecular weight excluding hydrogens is 410 g/mol. The molecule has 1 aromatic carbocycles. The highest BCUT2D eigenvalue weighted by Gasteiger charge is 2.20. The van der Waals surface area contributed by atoms with Crippen LogP contribution in [0.1, 0.15) is 43.7 Å². The monoisotopic (exact) mass is 429 g/mol. The van der Waals surface area contributed by atoms with Gasteiger partial charge in [0.25, 0.3) is 0 Å². The Labute approximate surface area is 148 Å². The first-order chi connectivity index (χ1) is 9.85. The normalized spacial score (nSPS) is 13.4. The van der Waals surface area contributed by atoms with Crippen molar-refractivity contribution in [3.8, 4) is 0 Å². The number of hydrogen-bond donors (Lipinski definition) is 1. The van der Waals surface area contributed by atoms with Gasteiger partial charge in [-0.3, -0.25) is 0 Å². The van der Waals surface area contributed by atoms with Gasteiger partial charge in [0, 0.05) is 21.9 Å². The molecule has 0 aliphatic rings. The van der Waals surface area contributed by atoms with E-state index < -0.39 is 0 Å². The summed E-state index contributed by atoms with van der Waals surface area (Å²) in [6, 6.07) is 13.3. The van der Waals surface area contributed by atoms with Crippen LogP contribution in [-0.4, -0.2) is 0 Å². The molecule has 0 aliphatic carbocycles. The molecule has 1 nitrogen and oxygen atoms in total. The fourth-order valence-corrected chi connectivity index (χ4v) is 4.44. The lowest BCUT2D eigenvalue weighted by molar-refractivity contribution is 0.310. The lowest BCUT2D eigenvalue weighted by Crippen LogP contribution is -2.25. The van der Waals surface area contributed by atoms with E-state index in [0.717, 1.165) is 21.2 Å². The van der Waals surface area contributed by atoms with Crippen LogP contribution < -0.4 is 5.32 Å². The van der Waals surface area contributed by atoms with Crippen molar-refractivity contribution in [2.45, 2.75) is 39.8 Å². The van der Waals surface area contributed by atoms with Crippen molar-refractivity contribution in [1.29, 1.82) is 0 Å². The second kappa shape index (κ2) is 7.40. The smallest absolute Gasteiger partial charge is 0.0843 e. The maximum absolute atomic E-state index is 3.72. The minimum absolute atomic E-state index is 0.296. The van der Waals surface area contributed by atoms with E-state index >= 15 is 0 Å². The van der Waals surface area contributed by atoms with Crippen LogP contribution in [-0.2, 0) is 6.54 Å². The molecule has 21 heavy (non-hydrogen) atoms. The predicted molar refractivity (Wildman–Crippen MR) is 99.8 cm³/mol. The Hall–Kier alpha value is -0.160. The molecule has 1 aromatic heterocycles. The quantitative estimate of drug-likeness (QED) is 0.567. The van der Waals surface area contributed by atoms with E-state index in [-0.39, 0.29) is 0 Å². The first kappa shape index (κ1) is 17.2. The van der Waals surface area contributed by atoms with Gasteiger partial charge in [-0.15, -0.1) is 11.3 Å². The largest absolute Gasteiger partial charge is 0.305 e. The Morgan fingerprint density at radius 2 is 1.81 bits per heavy atom. The zero-order valence-corrected chi connectivity index (χ0v) is 16.6. The van der Waals surface area contributed by atoms with Crippen molar-refractivity contribution in [2.24, 2.45) is 5.41 Å². The average Bonchev–Trinajstić information content (AvgIpc) is 2.73. The maximum atomic E-state index is 3.72. The molecule has 2 aromatic rings. The fraction of sp³-hybridized carbons (Fsp3) is 0.412. The molecule has 0 saturated carbocycles. The van der Waals surface area contributed by atoms with E-state index in [0.29, 0.717) is 11.5 Å². The summed E-state index contributed by atoms with van der Waals surface area (Å²) in [7, 11) is 0. The molecule has 0 radical (unpaired) electrons. The summed E-state index contributed by atoms with van der Waals surface area (Å²) in [4.78, 5) is 1.34. The molecule has 0 bridgehead atoms. The first-order valence-electron chi connectivity index (χ1n) is 7.07. The van der Waals surface area contributed by atoms with E-state index in [1.807, 2.05) is 0 Å². The molecule has 1 heterocycles. The molecule has 4 heteroatoms. The van der Waals surface area contributed by atoms with Gasteiger partial charge in [0.05, 0.1) is 3.79 Å². The minimum Gasteiger partial charge on any atom is -0.305 e. The summed E-state index contributed by atoms with van der Waals surface area (Å²) >= 11 is 8.89. The van der Waals surface area contributed by atoms with Gasteiger partial charge in [-0.25, -0.2) is 0 Å². The second-order valence-corrected chi connectivity index (χ2v) is 9.75. The van der Waals surface area contributed by atoms with Crippen molar-refractivity contribution in [2.75, 3.05) is 0 Å². The van der Waals surface area contributed by atoms with Crippen LogP contribution in [0, 0.1) is 5.41 Å². The van der Waals surface area contributed by atoms with E-state index in [9.17, 15) is 0 Å². The highest BCUT2D eigenvalue weighted by atomic mass is 79.9. The standard InChI is InChI=1S/C17H21Br2NS/c1-17(2,3)10-15(12-7-5-4-6-8-12)20-11-13-9-14(18)16(19)21-13/h4-9,15,20H,10-11H2,1-3H3. The summed E-state index contributed by atoms with van der Waals surface area (Å²) < 4.78 is 2.29. The molecule has 1 atom stereocenters. The van der Waals surface area contributed by atoms with Crippen molar-refractivity contribution in [3.05, 3.63) is 55.1 Å². The van der Waals surface area contributed by atoms with Gasteiger partial charge in [0.2, 0.25) is 0 Å².